The Balaban J connectivity index is 1.36. The van der Waals surface area contributed by atoms with E-state index in [-0.39, 0.29) is 5.91 Å². The minimum Gasteiger partial charge on any atom is -0.325 e. The van der Waals surface area contributed by atoms with Crippen molar-refractivity contribution in [2.75, 3.05) is 57.7 Å². The van der Waals surface area contributed by atoms with Crippen LogP contribution in [-0.2, 0) is 4.79 Å². The number of hydrogen-bond acceptors (Lipinski definition) is 4. The second-order valence-corrected chi connectivity index (χ2v) is 6.68. The largest absolute Gasteiger partial charge is 0.325 e. The van der Waals surface area contributed by atoms with Crippen LogP contribution in [0.4, 0.5) is 5.69 Å². The lowest BCUT2D eigenvalue weighted by Crippen LogP contribution is -2.50. The fraction of sp³-hybridized carbons (Fsp3) is 0.611. The lowest BCUT2D eigenvalue weighted by molar-refractivity contribution is -0.117. The molecule has 0 unspecified atom stereocenters. The van der Waals surface area contributed by atoms with Gasteiger partial charge in [0.05, 0.1) is 6.54 Å². The zero-order chi connectivity index (χ0) is 15.9. The van der Waals surface area contributed by atoms with Crippen LogP contribution in [0.2, 0.25) is 0 Å². The maximum Gasteiger partial charge on any atom is 0.238 e. The molecule has 5 nitrogen and oxygen atoms in total. The van der Waals surface area contributed by atoms with Gasteiger partial charge in [-0.05, 0) is 44.0 Å². The van der Waals surface area contributed by atoms with Gasteiger partial charge in [-0.15, -0.1) is 0 Å². The summed E-state index contributed by atoms with van der Waals surface area (Å²) in [5, 5.41) is 6.39. The lowest BCUT2D eigenvalue weighted by Gasteiger charge is -2.37. The molecular weight excluding hydrogens is 288 g/mol. The van der Waals surface area contributed by atoms with Crippen LogP contribution in [0, 0.1) is 5.92 Å². The molecule has 0 atom stereocenters. The van der Waals surface area contributed by atoms with E-state index in [1.807, 2.05) is 30.3 Å². The molecule has 2 aliphatic rings. The number of amides is 1. The molecule has 5 heteroatoms. The number of carbonyl (C=O) groups excluding carboxylic acids is 1. The van der Waals surface area contributed by atoms with Gasteiger partial charge in [-0.2, -0.15) is 0 Å². The zero-order valence-electron chi connectivity index (χ0n) is 13.8. The molecule has 0 aromatic heterocycles. The molecule has 0 aliphatic carbocycles. The summed E-state index contributed by atoms with van der Waals surface area (Å²) < 4.78 is 0. The molecule has 0 saturated carbocycles. The first-order valence-corrected chi connectivity index (χ1v) is 8.80. The van der Waals surface area contributed by atoms with E-state index in [2.05, 4.69) is 20.4 Å². The molecule has 2 fully saturated rings. The molecule has 0 bridgehead atoms. The third kappa shape index (κ3) is 5.30. The van der Waals surface area contributed by atoms with Gasteiger partial charge in [0.2, 0.25) is 5.91 Å². The maximum absolute atomic E-state index is 12.1. The molecule has 1 aromatic rings. The Bertz CT molecular complexity index is 479. The summed E-state index contributed by atoms with van der Waals surface area (Å²) in [4.78, 5) is 16.9. The Morgan fingerprint density at radius 2 is 1.70 bits per heavy atom. The van der Waals surface area contributed by atoms with Crippen molar-refractivity contribution in [3.8, 4) is 0 Å². The highest BCUT2D eigenvalue weighted by molar-refractivity contribution is 5.92. The van der Waals surface area contributed by atoms with E-state index >= 15 is 0 Å². The Hall–Kier alpha value is -1.43. The topological polar surface area (TPSA) is 47.6 Å². The van der Waals surface area contributed by atoms with E-state index in [4.69, 9.17) is 0 Å². The van der Waals surface area contributed by atoms with Crippen molar-refractivity contribution in [2.45, 2.75) is 12.8 Å². The van der Waals surface area contributed by atoms with Gasteiger partial charge >= 0.3 is 0 Å². The number of anilines is 1. The quantitative estimate of drug-likeness (QED) is 0.858. The van der Waals surface area contributed by atoms with Crippen molar-refractivity contribution >= 4 is 11.6 Å². The number of nitrogens with one attached hydrogen (secondary N) is 2. The molecule has 2 saturated heterocycles. The molecule has 3 rings (SSSR count). The van der Waals surface area contributed by atoms with Crippen LogP contribution in [-0.4, -0.2) is 68.1 Å². The zero-order valence-corrected chi connectivity index (χ0v) is 13.8. The summed E-state index contributed by atoms with van der Waals surface area (Å²) in [6.45, 7) is 8.22. The Kier molecular flexibility index (Phi) is 6.02. The second kappa shape index (κ2) is 8.43. The first-order chi connectivity index (χ1) is 11.3. The smallest absolute Gasteiger partial charge is 0.238 e. The minimum absolute atomic E-state index is 0.0861. The summed E-state index contributed by atoms with van der Waals surface area (Å²) in [5.41, 5.74) is 0.877. The van der Waals surface area contributed by atoms with Gasteiger partial charge in [0.25, 0.3) is 0 Å². The number of piperidine rings is 1. The first-order valence-electron chi connectivity index (χ1n) is 8.80. The van der Waals surface area contributed by atoms with Crippen molar-refractivity contribution in [1.82, 2.24) is 15.1 Å². The molecule has 2 heterocycles. The van der Waals surface area contributed by atoms with Crippen molar-refractivity contribution in [3.05, 3.63) is 30.3 Å². The van der Waals surface area contributed by atoms with Crippen LogP contribution in [0.3, 0.4) is 0 Å². The molecule has 2 N–H and O–H groups in total. The normalized spacial score (nSPS) is 21.2. The summed E-state index contributed by atoms with van der Waals surface area (Å²) in [6, 6.07) is 9.69. The third-order valence-electron chi connectivity index (χ3n) is 4.86. The monoisotopic (exact) mass is 316 g/mol. The van der Waals surface area contributed by atoms with Gasteiger partial charge in [0.15, 0.2) is 0 Å². The van der Waals surface area contributed by atoms with Crippen molar-refractivity contribution in [3.63, 3.8) is 0 Å². The van der Waals surface area contributed by atoms with E-state index in [0.29, 0.717) is 6.54 Å². The van der Waals surface area contributed by atoms with Gasteiger partial charge in [0, 0.05) is 38.4 Å². The number of carbonyl (C=O) groups is 1. The third-order valence-corrected chi connectivity index (χ3v) is 4.86. The van der Waals surface area contributed by atoms with Gasteiger partial charge in [-0.25, -0.2) is 0 Å². The van der Waals surface area contributed by atoms with E-state index in [0.717, 1.165) is 37.8 Å². The second-order valence-electron chi connectivity index (χ2n) is 6.68. The SMILES string of the molecule is O=C(CN1CCN(CC2CCNCC2)CC1)Nc1ccccc1. The molecule has 0 spiro atoms. The number of hydrogen-bond donors (Lipinski definition) is 2. The molecule has 126 valence electrons. The Labute approximate surface area is 139 Å². The molecule has 2 aliphatic heterocycles. The van der Waals surface area contributed by atoms with Gasteiger partial charge in [-0.1, -0.05) is 18.2 Å². The maximum atomic E-state index is 12.1. The van der Waals surface area contributed by atoms with Crippen LogP contribution in [0.25, 0.3) is 0 Å². The molecular formula is C18H28N4O. The number of rotatable bonds is 5. The Morgan fingerprint density at radius 3 is 2.39 bits per heavy atom. The van der Waals surface area contributed by atoms with Crippen LogP contribution in [0.15, 0.2) is 30.3 Å². The highest BCUT2D eigenvalue weighted by Crippen LogP contribution is 2.15. The minimum atomic E-state index is 0.0861. The van der Waals surface area contributed by atoms with Crippen molar-refractivity contribution in [1.29, 1.82) is 0 Å². The Morgan fingerprint density at radius 1 is 1.04 bits per heavy atom. The lowest BCUT2D eigenvalue weighted by atomic mass is 9.97. The van der Waals surface area contributed by atoms with Crippen LogP contribution >= 0.6 is 0 Å². The molecule has 1 aromatic carbocycles. The predicted octanol–water partition coefficient (Wildman–Crippen LogP) is 1.24. The summed E-state index contributed by atoms with van der Waals surface area (Å²) in [7, 11) is 0. The van der Waals surface area contributed by atoms with Crippen molar-refractivity contribution < 1.29 is 4.79 Å². The van der Waals surface area contributed by atoms with Crippen molar-refractivity contribution in [2.24, 2.45) is 5.92 Å². The van der Waals surface area contributed by atoms with E-state index in [1.54, 1.807) is 0 Å². The fourth-order valence-electron chi connectivity index (χ4n) is 3.48. The highest BCUT2D eigenvalue weighted by atomic mass is 16.2. The van der Waals surface area contributed by atoms with E-state index in [1.165, 1.54) is 32.5 Å². The van der Waals surface area contributed by atoms with Gasteiger partial charge < -0.3 is 15.5 Å². The van der Waals surface area contributed by atoms with E-state index in [9.17, 15) is 4.79 Å². The molecule has 23 heavy (non-hydrogen) atoms. The summed E-state index contributed by atoms with van der Waals surface area (Å²) in [6.07, 6.45) is 2.61. The standard InChI is InChI=1S/C18H28N4O/c23-18(20-17-4-2-1-3-5-17)15-22-12-10-21(11-13-22)14-16-6-8-19-9-7-16/h1-5,16,19H,6-15H2,(H,20,23). The highest BCUT2D eigenvalue weighted by Gasteiger charge is 2.22. The summed E-state index contributed by atoms with van der Waals surface area (Å²) in [5.74, 6) is 0.937. The number of piperazine rings is 1. The fourth-order valence-corrected chi connectivity index (χ4v) is 3.48. The summed E-state index contributed by atoms with van der Waals surface area (Å²) >= 11 is 0. The number of para-hydroxylation sites is 1. The molecule has 0 radical (unpaired) electrons. The predicted molar refractivity (Wildman–Crippen MR) is 93.5 cm³/mol. The first kappa shape index (κ1) is 16.4. The van der Waals surface area contributed by atoms with Crippen LogP contribution in [0.5, 0.6) is 0 Å². The number of nitrogens with zero attached hydrogens (tertiary/aromatic N) is 2. The van der Waals surface area contributed by atoms with E-state index < -0.39 is 0 Å². The van der Waals surface area contributed by atoms with Crippen LogP contribution < -0.4 is 10.6 Å². The van der Waals surface area contributed by atoms with Gasteiger partial charge in [0.1, 0.15) is 0 Å². The average molecular weight is 316 g/mol. The molecule has 1 amide bonds. The van der Waals surface area contributed by atoms with Crippen LogP contribution in [0.1, 0.15) is 12.8 Å². The van der Waals surface area contributed by atoms with Gasteiger partial charge in [-0.3, -0.25) is 9.69 Å². The number of benzene rings is 1. The average Bonchev–Trinajstić information content (AvgIpc) is 2.58.